The molecule has 0 N–H and O–H groups in total. The van der Waals surface area contributed by atoms with Crippen molar-refractivity contribution < 1.29 is 14.0 Å². The predicted molar refractivity (Wildman–Crippen MR) is 95.8 cm³/mol. The minimum atomic E-state index is -1.33. The number of carbonyl (C=O) groups is 2. The summed E-state index contributed by atoms with van der Waals surface area (Å²) >= 11 is 6.42. The zero-order valence-corrected chi connectivity index (χ0v) is 15.8. The number of allylic oxidation sites excluding steroid dienone is 5. The molecule has 0 amide bonds. The fraction of sp³-hybridized carbons (Fsp3) is 0.619. The number of alkyl halides is 1. The zero-order chi connectivity index (χ0) is 18.3. The SMILES string of the molecule is C=C1C[C@@H]2[C@H](CC[C@]3(C)C(=O)C(F)C[C@@H]23)[C@@]2(C)C(C)=CC(=O)C(Cl)=C12. The second-order valence-electron chi connectivity index (χ2n) is 8.79. The number of halogens is 2. The standard InChI is InChI=1S/C21H24ClFO2/c1-10-7-12-13(5-6-20(3)14(12)9-15(23)19(20)25)21(4)11(2)8-16(24)18(22)17(10)21/h8,12-15H,1,5-7,9H2,2-4H3/t12-,13+,14+,15?,20+,21-/m1/s1. The molecule has 3 saturated carbocycles. The van der Waals surface area contributed by atoms with Crippen LogP contribution in [0.2, 0.25) is 0 Å². The van der Waals surface area contributed by atoms with Crippen molar-refractivity contribution in [1.82, 2.24) is 0 Å². The van der Waals surface area contributed by atoms with Gasteiger partial charge in [-0.05, 0) is 67.6 Å². The van der Waals surface area contributed by atoms with Crippen LogP contribution in [0.25, 0.3) is 0 Å². The number of Topliss-reactive ketones (excluding diaryl/α,β-unsaturated/α-hetero) is 1. The smallest absolute Gasteiger partial charge is 0.197 e. The van der Waals surface area contributed by atoms with E-state index >= 15 is 0 Å². The Morgan fingerprint density at radius 3 is 2.64 bits per heavy atom. The number of ketones is 2. The van der Waals surface area contributed by atoms with Crippen molar-refractivity contribution in [2.75, 3.05) is 0 Å². The summed E-state index contributed by atoms with van der Waals surface area (Å²) in [6, 6.07) is 0. The number of carbonyl (C=O) groups excluding carboxylic acids is 2. The van der Waals surface area contributed by atoms with Crippen molar-refractivity contribution in [3.8, 4) is 0 Å². The van der Waals surface area contributed by atoms with Crippen LogP contribution in [-0.2, 0) is 9.59 Å². The average molecular weight is 363 g/mol. The molecule has 1 unspecified atom stereocenters. The summed E-state index contributed by atoms with van der Waals surface area (Å²) in [5.41, 5.74) is 1.88. The molecule has 0 heterocycles. The van der Waals surface area contributed by atoms with Gasteiger partial charge >= 0.3 is 0 Å². The van der Waals surface area contributed by atoms with Gasteiger partial charge in [0.2, 0.25) is 0 Å². The van der Waals surface area contributed by atoms with Crippen LogP contribution in [0.5, 0.6) is 0 Å². The molecule has 0 aromatic rings. The largest absolute Gasteiger partial charge is 0.296 e. The van der Waals surface area contributed by atoms with Crippen molar-refractivity contribution in [2.24, 2.45) is 28.6 Å². The molecule has 4 aliphatic rings. The third-order valence-corrected chi connectivity index (χ3v) is 8.21. The Balaban J connectivity index is 1.84. The Hall–Kier alpha value is -1.22. The van der Waals surface area contributed by atoms with Gasteiger partial charge in [-0.25, -0.2) is 4.39 Å². The first kappa shape index (κ1) is 17.2. The molecular weight excluding hydrogens is 339 g/mol. The first-order valence-corrected chi connectivity index (χ1v) is 9.50. The van der Waals surface area contributed by atoms with E-state index in [-0.39, 0.29) is 39.8 Å². The summed E-state index contributed by atoms with van der Waals surface area (Å²) in [5.74, 6) is 0.171. The van der Waals surface area contributed by atoms with E-state index in [1.807, 2.05) is 13.8 Å². The van der Waals surface area contributed by atoms with E-state index < -0.39 is 11.6 Å². The van der Waals surface area contributed by atoms with Crippen LogP contribution in [0.15, 0.2) is 34.4 Å². The van der Waals surface area contributed by atoms with Crippen LogP contribution in [0.3, 0.4) is 0 Å². The van der Waals surface area contributed by atoms with E-state index in [0.717, 1.165) is 23.1 Å². The van der Waals surface area contributed by atoms with Gasteiger partial charge in [-0.3, -0.25) is 9.59 Å². The lowest BCUT2D eigenvalue weighted by Crippen LogP contribution is -2.51. The topological polar surface area (TPSA) is 34.1 Å². The first-order valence-electron chi connectivity index (χ1n) is 9.12. The summed E-state index contributed by atoms with van der Waals surface area (Å²) in [5, 5.41) is 0.288. The molecule has 134 valence electrons. The van der Waals surface area contributed by atoms with Crippen molar-refractivity contribution in [3.63, 3.8) is 0 Å². The molecule has 2 nitrogen and oxygen atoms in total. The minimum absolute atomic E-state index is 0.0491. The molecule has 4 aliphatic carbocycles. The Labute approximate surface area is 153 Å². The van der Waals surface area contributed by atoms with Crippen molar-refractivity contribution in [2.45, 2.75) is 52.6 Å². The molecule has 6 atom stereocenters. The van der Waals surface area contributed by atoms with E-state index in [9.17, 15) is 14.0 Å². The van der Waals surface area contributed by atoms with E-state index in [0.29, 0.717) is 19.3 Å². The van der Waals surface area contributed by atoms with Crippen LogP contribution >= 0.6 is 11.6 Å². The monoisotopic (exact) mass is 362 g/mol. The minimum Gasteiger partial charge on any atom is -0.296 e. The van der Waals surface area contributed by atoms with Crippen LogP contribution in [0.4, 0.5) is 4.39 Å². The van der Waals surface area contributed by atoms with Crippen molar-refractivity contribution in [3.05, 3.63) is 34.4 Å². The Morgan fingerprint density at radius 2 is 1.96 bits per heavy atom. The highest BCUT2D eigenvalue weighted by atomic mass is 35.5. The maximum absolute atomic E-state index is 14.3. The molecule has 3 fully saturated rings. The normalized spacial score (nSPS) is 46.6. The molecule has 0 aromatic heterocycles. The van der Waals surface area contributed by atoms with Crippen LogP contribution in [0, 0.1) is 28.6 Å². The van der Waals surface area contributed by atoms with Crippen LogP contribution in [-0.4, -0.2) is 17.7 Å². The maximum atomic E-state index is 14.3. The van der Waals surface area contributed by atoms with Gasteiger partial charge in [-0.1, -0.05) is 37.6 Å². The zero-order valence-electron chi connectivity index (χ0n) is 15.0. The first-order chi connectivity index (χ1) is 11.6. The number of rotatable bonds is 0. The highest BCUT2D eigenvalue weighted by Gasteiger charge is 2.63. The Bertz CT molecular complexity index is 779. The maximum Gasteiger partial charge on any atom is 0.197 e. The van der Waals surface area contributed by atoms with E-state index in [1.54, 1.807) is 6.08 Å². The summed E-state index contributed by atoms with van der Waals surface area (Å²) < 4.78 is 14.3. The summed E-state index contributed by atoms with van der Waals surface area (Å²) in [4.78, 5) is 24.7. The average Bonchev–Trinajstić information content (AvgIpc) is 2.77. The van der Waals surface area contributed by atoms with E-state index in [2.05, 4.69) is 13.5 Å². The highest BCUT2D eigenvalue weighted by Crippen LogP contribution is 2.66. The number of hydrogen-bond acceptors (Lipinski definition) is 2. The van der Waals surface area contributed by atoms with Crippen LogP contribution < -0.4 is 0 Å². The van der Waals surface area contributed by atoms with Crippen molar-refractivity contribution >= 4 is 23.2 Å². The van der Waals surface area contributed by atoms with Gasteiger partial charge in [-0.15, -0.1) is 0 Å². The highest BCUT2D eigenvalue weighted by molar-refractivity contribution is 6.45. The fourth-order valence-corrected chi connectivity index (χ4v) is 6.77. The Morgan fingerprint density at radius 1 is 1.28 bits per heavy atom. The molecule has 0 spiro atoms. The van der Waals surface area contributed by atoms with Crippen molar-refractivity contribution in [1.29, 1.82) is 0 Å². The van der Waals surface area contributed by atoms with Gasteiger partial charge in [0.25, 0.3) is 0 Å². The molecule has 4 rings (SSSR count). The Kier molecular flexibility index (Phi) is 3.55. The molecule has 0 radical (unpaired) electrons. The third-order valence-electron chi connectivity index (χ3n) is 7.83. The van der Waals surface area contributed by atoms with Gasteiger partial charge in [-0.2, -0.15) is 0 Å². The number of hydrogen-bond donors (Lipinski definition) is 0. The van der Waals surface area contributed by atoms with Gasteiger partial charge in [0.1, 0.15) is 0 Å². The fourth-order valence-electron chi connectivity index (χ4n) is 6.38. The molecule has 0 bridgehead atoms. The summed E-state index contributed by atoms with van der Waals surface area (Å²) in [7, 11) is 0. The molecular formula is C21H24ClFO2. The van der Waals surface area contributed by atoms with Crippen LogP contribution in [0.1, 0.15) is 46.5 Å². The second-order valence-corrected chi connectivity index (χ2v) is 9.17. The quantitative estimate of drug-likeness (QED) is 0.612. The third kappa shape index (κ3) is 1.96. The lowest BCUT2D eigenvalue weighted by molar-refractivity contribution is -0.134. The number of fused-ring (bicyclic) bond motifs is 5. The summed E-state index contributed by atoms with van der Waals surface area (Å²) in [6.45, 7) is 10.3. The lowest BCUT2D eigenvalue weighted by atomic mass is 9.46. The van der Waals surface area contributed by atoms with Gasteiger partial charge in [0.15, 0.2) is 17.7 Å². The lowest BCUT2D eigenvalue weighted by Gasteiger charge is -2.57. The second kappa shape index (κ2) is 5.16. The van der Waals surface area contributed by atoms with Gasteiger partial charge < -0.3 is 0 Å². The van der Waals surface area contributed by atoms with E-state index in [4.69, 9.17) is 11.6 Å². The van der Waals surface area contributed by atoms with E-state index in [1.165, 1.54) is 0 Å². The molecule has 0 aliphatic heterocycles. The molecule has 0 saturated heterocycles. The molecule has 4 heteroatoms. The van der Waals surface area contributed by atoms with Gasteiger partial charge in [0, 0.05) is 10.8 Å². The molecule has 25 heavy (non-hydrogen) atoms. The summed E-state index contributed by atoms with van der Waals surface area (Å²) in [6.07, 6.45) is 2.91. The molecule has 0 aromatic carbocycles. The predicted octanol–water partition coefficient (Wildman–Crippen LogP) is 4.93. The van der Waals surface area contributed by atoms with Gasteiger partial charge in [0.05, 0.1) is 5.03 Å².